The van der Waals surface area contributed by atoms with Gasteiger partial charge in [0.15, 0.2) is 0 Å². The SMILES string of the molecule is O=C(NCCC(=O)N1CCN(Cc2ccccc2)CC1)Nc1ccccc1. The lowest BCUT2D eigenvalue weighted by molar-refractivity contribution is -0.132. The Labute approximate surface area is 160 Å². The van der Waals surface area contributed by atoms with Crippen molar-refractivity contribution in [3.05, 3.63) is 66.2 Å². The number of hydrogen-bond donors (Lipinski definition) is 2. The van der Waals surface area contributed by atoms with Crippen molar-refractivity contribution in [2.24, 2.45) is 0 Å². The van der Waals surface area contributed by atoms with Crippen molar-refractivity contribution in [1.29, 1.82) is 0 Å². The molecule has 0 unspecified atom stereocenters. The number of urea groups is 1. The summed E-state index contributed by atoms with van der Waals surface area (Å²) >= 11 is 0. The minimum Gasteiger partial charge on any atom is -0.340 e. The summed E-state index contributed by atoms with van der Waals surface area (Å²) in [6.07, 6.45) is 0.320. The number of benzene rings is 2. The van der Waals surface area contributed by atoms with Crippen molar-refractivity contribution >= 4 is 17.6 Å². The molecule has 1 fully saturated rings. The van der Waals surface area contributed by atoms with Crippen molar-refractivity contribution < 1.29 is 9.59 Å². The van der Waals surface area contributed by atoms with Gasteiger partial charge in [0.1, 0.15) is 0 Å². The normalized spacial score (nSPS) is 14.6. The third-order valence-corrected chi connectivity index (χ3v) is 4.63. The molecule has 1 aliphatic rings. The van der Waals surface area contributed by atoms with E-state index < -0.39 is 0 Å². The number of anilines is 1. The van der Waals surface area contributed by atoms with Crippen LogP contribution in [0.15, 0.2) is 60.7 Å². The summed E-state index contributed by atoms with van der Waals surface area (Å²) in [6.45, 7) is 4.49. The van der Waals surface area contributed by atoms with E-state index in [9.17, 15) is 9.59 Å². The van der Waals surface area contributed by atoms with Crippen LogP contribution in [-0.4, -0.2) is 54.5 Å². The van der Waals surface area contributed by atoms with Crippen molar-refractivity contribution in [2.45, 2.75) is 13.0 Å². The Morgan fingerprint density at radius 2 is 1.48 bits per heavy atom. The highest BCUT2D eigenvalue weighted by Gasteiger charge is 2.20. The van der Waals surface area contributed by atoms with Gasteiger partial charge >= 0.3 is 6.03 Å². The van der Waals surface area contributed by atoms with E-state index in [2.05, 4.69) is 39.8 Å². The van der Waals surface area contributed by atoms with E-state index in [0.29, 0.717) is 13.0 Å². The average Bonchev–Trinajstić information content (AvgIpc) is 2.70. The average molecular weight is 366 g/mol. The zero-order valence-corrected chi connectivity index (χ0v) is 15.4. The van der Waals surface area contributed by atoms with Crippen LogP contribution in [0.4, 0.5) is 10.5 Å². The van der Waals surface area contributed by atoms with Crippen LogP contribution in [0.1, 0.15) is 12.0 Å². The zero-order chi connectivity index (χ0) is 18.9. The van der Waals surface area contributed by atoms with Crippen LogP contribution in [0.25, 0.3) is 0 Å². The molecule has 0 atom stereocenters. The molecule has 1 heterocycles. The number of hydrogen-bond acceptors (Lipinski definition) is 3. The predicted octanol–water partition coefficient (Wildman–Crippen LogP) is 2.54. The van der Waals surface area contributed by atoms with Crippen LogP contribution in [0.2, 0.25) is 0 Å². The lowest BCUT2D eigenvalue weighted by Gasteiger charge is -2.34. The number of amides is 3. The molecular formula is C21H26N4O2. The minimum absolute atomic E-state index is 0.0920. The van der Waals surface area contributed by atoms with E-state index in [4.69, 9.17) is 0 Å². The molecule has 2 aromatic carbocycles. The summed E-state index contributed by atoms with van der Waals surface area (Å²) in [5, 5.41) is 5.48. The summed E-state index contributed by atoms with van der Waals surface area (Å²) in [5.74, 6) is 0.0920. The van der Waals surface area contributed by atoms with Gasteiger partial charge in [-0.2, -0.15) is 0 Å². The number of nitrogens with one attached hydrogen (secondary N) is 2. The first-order chi connectivity index (χ1) is 13.2. The van der Waals surface area contributed by atoms with E-state index in [-0.39, 0.29) is 11.9 Å². The molecule has 0 bridgehead atoms. The van der Waals surface area contributed by atoms with Gasteiger partial charge < -0.3 is 15.5 Å². The van der Waals surface area contributed by atoms with Crippen LogP contribution in [-0.2, 0) is 11.3 Å². The first-order valence-electron chi connectivity index (χ1n) is 9.35. The standard InChI is InChI=1S/C21H26N4O2/c26-20(11-12-22-21(27)23-19-9-5-2-6-10-19)25-15-13-24(14-16-25)17-18-7-3-1-4-8-18/h1-10H,11-17H2,(H2,22,23,27). The molecule has 0 saturated carbocycles. The summed E-state index contributed by atoms with van der Waals surface area (Å²) in [5.41, 5.74) is 2.03. The number of piperazine rings is 1. The molecular weight excluding hydrogens is 340 g/mol. The quantitative estimate of drug-likeness (QED) is 0.826. The van der Waals surface area contributed by atoms with Gasteiger partial charge in [0.05, 0.1) is 0 Å². The van der Waals surface area contributed by atoms with Gasteiger partial charge in [-0.1, -0.05) is 48.5 Å². The third kappa shape index (κ3) is 6.11. The van der Waals surface area contributed by atoms with Gasteiger partial charge in [0.2, 0.25) is 5.91 Å². The Morgan fingerprint density at radius 3 is 2.15 bits per heavy atom. The maximum absolute atomic E-state index is 12.3. The van der Waals surface area contributed by atoms with Gasteiger partial charge in [-0.3, -0.25) is 9.69 Å². The molecule has 6 nitrogen and oxygen atoms in total. The second-order valence-corrected chi connectivity index (χ2v) is 6.64. The van der Waals surface area contributed by atoms with Gasteiger partial charge in [0.25, 0.3) is 0 Å². The molecule has 0 spiro atoms. The van der Waals surface area contributed by atoms with Crippen molar-refractivity contribution in [3.8, 4) is 0 Å². The molecule has 3 amide bonds. The molecule has 142 valence electrons. The highest BCUT2D eigenvalue weighted by atomic mass is 16.2. The summed E-state index contributed by atoms with van der Waals surface area (Å²) in [7, 11) is 0. The topological polar surface area (TPSA) is 64.7 Å². The van der Waals surface area contributed by atoms with Crippen molar-refractivity contribution in [2.75, 3.05) is 38.0 Å². The van der Waals surface area contributed by atoms with Crippen LogP contribution in [0.3, 0.4) is 0 Å². The highest BCUT2D eigenvalue weighted by molar-refractivity contribution is 5.89. The Bertz CT molecular complexity index is 728. The van der Waals surface area contributed by atoms with Crippen LogP contribution >= 0.6 is 0 Å². The van der Waals surface area contributed by atoms with E-state index in [1.165, 1.54) is 5.56 Å². The minimum atomic E-state index is -0.290. The van der Waals surface area contributed by atoms with Gasteiger partial charge in [0, 0.05) is 51.4 Å². The maximum atomic E-state index is 12.3. The summed E-state index contributed by atoms with van der Waals surface area (Å²) < 4.78 is 0. The molecule has 6 heteroatoms. The van der Waals surface area contributed by atoms with Gasteiger partial charge in [-0.25, -0.2) is 4.79 Å². The number of carbonyl (C=O) groups excluding carboxylic acids is 2. The first-order valence-corrected chi connectivity index (χ1v) is 9.35. The Hall–Kier alpha value is -2.86. The third-order valence-electron chi connectivity index (χ3n) is 4.63. The molecule has 0 radical (unpaired) electrons. The van der Waals surface area contributed by atoms with Crippen molar-refractivity contribution in [1.82, 2.24) is 15.1 Å². The lowest BCUT2D eigenvalue weighted by Crippen LogP contribution is -2.48. The van der Waals surface area contributed by atoms with E-state index in [0.717, 1.165) is 38.4 Å². The first kappa shape index (κ1) is 18.9. The molecule has 3 rings (SSSR count). The Balaban J connectivity index is 1.33. The van der Waals surface area contributed by atoms with Crippen LogP contribution in [0, 0.1) is 0 Å². The smallest absolute Gasteiger partial charge is 0.319 e. The van der Waals surface area contributed by atoms with E-state index in [1.54, 1.807) is 0 Å². The number of para-hydroxylation sites is 1. The molecule has 0 aliphatic carbocycles. The fraction of sp³-hybridized carbons (Fsp3) is 0.333. The number of carbonyl (C=O) groups is 2. The molecule has 2 N–H and O–H groups in total. The monoisotopic (exact) mass is 366 g/mol. The van der Waals surface area contributed by atoms with E-state index in [1.807, 2.05) is 41.3 Å². The fourth-order valence-electron chi connectivity index (χ4n) is 3.13. The van der Waals surface area contributed by atoms with Crippen LogP contribution in [0.5, 0.6) is 0 Å². The highest BCUT2D eigenvalue weighted by Crippen LogP contribution is 2.09. The van der Waals surface area contributed by atoms with E-state index >= 15 is 0 Å². The molecule has 2 aromatic rings. The second-order valence-electron chi connectivity index (χ2n) is 6.64. The van der Waals surface area contributed by atoms with Gasteiger partial charge in [-0.15, -0.1) is 0 Å². The molecule has 0 aromatic heterocycles. The molecule has 1 saturated heterocycles. The Kier molecular flexibility index (Phi) is 6.82. The zero-order valence-electron chi connectivity index (χ0n) is 15.4. The summed E-state index contributed by atoms with van der Waals surface area (Å²) in [6, 6.07) is 19.3. The maximum Gasteiger partial charge on any atom is 0.319 e. The van der Waals surface area contributed by atoms with Crippen molar-refractivity contribution in [3.63, 3.8) is 0 Å². The fourth-order valence-corrected chi connectivity index (χ4v) is 3.13. The molecule has 27 heavy (non-hydrogen) atoms. The molecule has 1 aliphatic heterocycles. The predicted molar refractivity (Wildman–Crippen MR) is 106 cm³/mol. The second kappa shape index (κ2) is 9.73. The number of rotatable bonds is 6. The number of nitrogens with zero attached hydrogens (tertiary/aromatic N) is 2. The lowest BCUT2D eigenvalue weighted by atomic mass is 10.2. The Morgan fingerprint density at radius 1 is 0.852 bits per heavy atom. The van der Waals surface area contributed by atoms with Crippen LogP contribution < -0.4 is 10.6 Å². The van der Waals surface area contributed by atoms with Gasteiger partial charge in [-0.05, 0) is 17.7 Å². The largest absolute Gasteiger partial charge is 0.340 e. The summed E-state index contributed by atoms with van der Waals surface area (Å²) in [4.78, 5) is 28.4.